The maximum absolute atomic E-state index is 12.2. The molecule has 28 heavy (non-hydrogen) atoms. The molecular weight excluding hydrogens is 390 g/mol. The van der Waals surface area contributed by atoms with Crippen LogP contribution in [0.2, 0.25) is 0 Å². The average Bonchev–Trinajstić information content (AvgIpc) is 2.92. The van der Waals surface area contributed by atoms with Crippen molar-refractivity contribution in [3.8, 4) is 11.5 Å². The maximum Gasteiger partial charge on any atom is 0.265 e. The van der Waals surface area contributed by atoms with Gasteiger partial charge in [-0.05, 0) is 43.2 Å². The molecule has 0 atom stereocenters. The second-order valence-corrected chi connectivity index (χ2v) is 8.20. The topological polar surface area (TPSA) is 38.8 Å². The molecule has 0 bridgehead atoms. The van der Waals surface area contributed by atoms with Crippen LogP contribution in [0.25, 0.3) is 6.08 Å². The molecule has 1 aliphatic rings. The van der Waals surface area contributed by atoms with Gasteiger partial charge in [0.15, 0.2) is 0 Å². The minimum atomic E-state index is -0.0771. The number of thiocarbonyl (C=S) groups is 1. The summed E-state index contributed by atoms with van der Waals surface area (Å²) in [6, 6.07) is 13.8. The number of benzene rings is 2. The molecule has 2 aromatic rings. The van der Waals surface area contributed by atoms with Crippen molar-refractivity contribution in [1.29, 1.82) is 0 Å². The van der Waals surface area contributed by atoms with Gasteiger partial charge in [0, 0.05) is 19.0 Å². The summed E-state index contributed by atoms with van der Waals surface area (Å²) in [5, 5.41) is 0. The fourth-order valence-electron chi connectivity index (χ4n) is 2.72. The predicted octanol–water partition coefficient (Wildman–Crippen LogP) is 4.98. The molecule has 0 spiro atoms. The summed E-state index contributed by atoms with van der Waals surface area (Å²) in [5.74, 6) is 1.59. The molecule has 6 heteroatoms. The Hall–Kier alpha value is -2.31. The van der Waals surface area contributed by atoms with Crippen molar-refractivity contribution in [2.75, 3.05) is 20.3 Å². The highest BCUT2D eigenvalue weighted by atomic mass is 32.2. The van der Waals surface area contributed by atoms with Crippen LogP contribution in [-0.2, 0) is 4.79 Å². The number of carbonyl (C=O) groups excluding carboxylic acids is 1. The zero-order valence-electron chi connectivity index (χ0n) is 16.2. The van der Waals surface area contributed by atoms with Gasteiger partial charge in [-0.1, -0.05) is 54.3 Å². The first-order valence-corrected chi connectivity index (χ1v) is 10.3. The van der Waals surface area contributed by atoms with Gasteiger partial charge in [0.2, 0.25) is 0 Å². The molecule has 0 N–H and O–H groups in total. The molecule has 146 valence electrons. The molecular formula is C22H23NO3S2. The van der Waals surface area contributed by atoms with Gasteiger partial charge in [-0.15, -0.1) is 0 Å². The fourth-order valence-corrected chi connectivity index (χ4v) is 3.89. The number of amides is 1. The molecule has 2 aromatic carbocycles. The molecule has 0 radical (unpaired) electrons. The molecule has 4 nitrogen and oxygen atoms in total. The van der Waals surface area contributed by atoms with E-state index in [-0.39, 0.29) is 5.91 Å². The molecule has 3 rings (SSSR count). The zero-order valence-corrected chi connectivity index (χ0v) is 17.9. The quantitative estimate of drug-likeness (QED) is 0.364. The third-order valence-corrected chi connectivity index (χ3v) is 6.04. The van der Waals surface area contributed by atoms with Gasteiger partial charge in [0.25, 0.3) is 5.91 Å². The van der Waals surface area contributed by atoms with E-state index in [2.05, 4.69) is 19.9 Å². The molecule has 1 fully saturated rings. The van der Waals surface area contributed by atoms with Crippen molar-refractivity contribution >= 4 is 40.3 Å². The predicted molar refractivity (Wildman–Crippen MR) is 119 cm³/mol. The van der Waals surface area contributed by atoms with Crippen LogP contribution in [0.3, 0.4) is 0 Å². The van der Waals surface area contributed by atoms with Gasteiger partial charge in [-0.25, -0.2) is 0 Å². The van der Waals surface area contributed by atoms with E-state index in [1.54, 1.807) is 7.05 Å². The second kappa shape index (κ2) is 9.26. The first kappa shape index (κ1) is 20.4. The molecule has 0 aliphatic carbocycles. The maximum atomic E-state index is 12.2. The highest BCUT2D eigenvalue weighted by Gasteiger charge is 2.28. The van der Waals surface area contributed by atoms with E-state index in [1.807, 2.05) is 42.5 Å². The number of aryl methyl sites for hydroxylation is 1. The standard InChI is InChI=1S/C22H23NO3S2/c1-15-8-6-11-18(16(15)2)25-12-7-13-26-19-10-5-4-9-17(19)14-20-21(24)23(3)22(27)28-20/h4-6,8-11,14H,7,12-13H2,1-3H3/b20-14-. The number of rotatable bonds is 7. The lowest BCUT2D eigenvalue weighted by atomic mass is 10.1. The number of carbonyl (C=O) groups is 1. The molecule has 1 saturated heterocycles. The molecule has 0 unspecified atom stereocenters. The Bertz CT molecular complexity index is 924. The fraction of sp³-hybridized carbons (Fsp3) is 0.273. The highest BCUT2D eigenvalue weighted by molar-refractivity contribution is 8.26. The van der Waals surface area contributed by atoms with Gasteiger partial charge in [-0.3, -0.25) is 9.69 Å². The van der Waals surface area contributed by atoms with Crippen LogP contribution in [0.5, 0.6) is 11.5 Å². The van der Waals surface area contributed by atoms with Gasteiger partial charge in [-0.2, -0.15) is 0 Å². The summed E-state index contributed by atoms with van der Waals surface area (Å²) >= 11 is 6.49. The summed E-state index contributed by atoms with van der Waals surface area (Å²) in [5.41, 5.74) is 3.26. The van der Waals surface area contributed by atoms with Crippen LogP contribution in [-0.4, -0.2) is 35.4 Å². The summed E-state index contributed by atoms with van der Waals surface area (Å²) in [7, 11) is 1.69. The largest absolute Gasteiger partial charge is 0.493 e. The van der Waals surface area contributed by atoms with E-state index < -0.39 is 0 Å². The number of nitrogens with zero attached hydrogens (tertiary/aromatic N) is 1. The molecule has 0 saturated carbocycles. The average molecular weight is 414 g/mol. The molecule has 0 aromatic heterocycles. The van der Waals surface area contributed by atoms with E-state index >= 15 is 0 Å². The zero-order chi connectivity index (χ0) is 20.1. The van der Waals surface area contributed by atoms with E-state index in [0.29, 0.717) is 22.4 Å². The highest BCUT2D eigenvalue weighted by Crippen LogP contribution is 2.33. The summed E-state index contributed by atoms with van der Waals surface area (Å²) in [6.45, 7) is 5.26. The van der Waals surface area contributed by atoms with Gasteiger partial charge in [0.05, 0.1) is 18.1 Å². The molecule has 1 amide bonds. The van der Waals surface area contributed by atoms with Crippen LogP contribution in [0.1, 0.15) is 23.1 Å². The normalized spacial score (nSPS) is 15.4. The molecule has 1 heterocycles. The Morgan fingerprint density at radius 3 is 2.43 bits per heavy atom. The van der Waals surface area contributed by atoms with E-state index in [9.17, 15) is 4.79 Å². The lowest BCUT2D eigenvalue weighted by molar-refractivity contribution is -0.121. The van der Waals surface area contributed by atoms with Crippen molar-refractivity contribution in [2.45, 2.75) is 20.3 Å². The van der Waals surface area contributed by atoms with Gasteiger partial charge < -0.3 is 9.47 Å². The van der Waals surface area contributed by atoms with E-state index in [1.165, 1.54) is 27.8 Å². The van der Waals surface area contributed by atoms with Gasteiger partial charge in [0.1, 0.15) is 15.8 Å². The molecule has 1 aliphatic heterocycles. The van der Waals surface area contributed by atoms with Crippen LogP contribution < -0.4 is 9.47 Å². The Balaban J connectivity index is 1.56. The lowest BCUT2D eigenvalue weighted by Gasteiger charge is -2.12. The first-order valence-electron chi connectivity index (χ1n) is 9.10. The SMILES string of the molecule is Cc1cccc(OCCCOc2ccccc2/C=C2\SC(=S)N(C)C2=O)c1C. The summed E-state index contributed by atoms with van der Waals surface area (Å²) < 4.78 is 12.4. The van der Waals surface area contributed by atoms with Crippen molar-refractivity contribution in [3.63, 3.8) is 0 Å². The number of para-hydroxylation sites is 1. The van der Waals surface area contributed by atoms with Crippen LogP contribution in [0.4, 0.5) is 0 Å². The minimum absolute atomic E-state index is 0.0771. The first-order chi connectivity index (χ1) is 13.5. The van der Waals surface area contributed by atoms with Crippen molar-refractivity contribution in [2.24, 2.45) is 0 Å². The number of likely N-dealkylation sites (N-methyl/N-ethyl adjacent to an activating group) is 1. The number of ether oxygens (including phenoxy) is 2. The third-order valence-electron chi connectivity index (χ3n) is 4.55. The van der Waals surface area contributed by atoms with Gasteiger partial charge >= 0.3 is 0 Å². The second-order valence-electron chi connectivity index (χ2n) is 6.53. The number of hydrogen-bond acceptors (Lipinski definition) is 5. The third kappa shape index (κ3) is 4.75. The van der Waals surface area contributed by atoms with Crippen LogP contribution in [0, 0.1) is 13.8 Å². The Labute approximate surface area is 175 Å². The lowest BCUT2D eigenvalue weighted by Crippen LogP contribution is -2.22. The Kier molecular flexibility index (Phi) is 6.75. The Morgan fingerprint density at radius 2 is 1.71 bits per heavy atom. The van der Waals surface area contributed by atoms with Crippen LogP contribution >= 0.6 is 24.0 Å². The monoisotopic (exact) mass is 413 g/mol. The minimum Gasteiger partial charge on any atom is -0.493 e. The smallest absolute Gasteiger partial charge is 0.265 e. The van der Waals surface area contributed by atoms with Crippen molar-refractivity contribution in [1.82, 2.24) is 4.90 Å². The summed E-state index contributed by atoms with van der Waals surface area (Å²) in [4.78, 5) is 14.3. The van der Waals surface area contributed by atoms with Crippen molar-refractivity contribution in [3.05, 3.63) is 64.1 Å². The van der Waals surface area contributed by atoms with E-state index in [4.69, 9.17) is 21.7 Å². The van der Waals surface area contributed by atoms with Crippen LogP contribution in [0.15, 0.2) is 47.4 Å². The Morgan fingerprint density at radius 1 is 1.04 bits per heavy atom. The summed E-state index contributed by atoms with van der Waals surface area (Å²) in [6.07, 6.45) is 2.60. The number of hydrogen-bond donors (Lipinski definition) is 0. The number of thioether (sulfide) groups is 1. The van der Waals surface area contributed by atoms with Crippen molar-refractivity contribution < 1.29 is 14.3 Å². The van der Waals surface area contributed by atoms with E-state index in [0.717, 1.165) is 23.5 Å².